The second-order valence-electron chi connectivity index (χ2n) is 3.18. The predicted octanol–water partition coefficient (Wildman–Crippen LogP) is 0.610. The minimum absolute atomic E-state index is 0.170. The Bertz CT molecular complexity index is 349. The number of carbonyl (C=O) groups excluding carboxylic acids is 2. The average Bonchev–Trinajstić information content (AvgIpc) is 2.29. The Hall–Kier alpha value is -1.84. The lowest BCUT2D eigenvalue weighted by atomic mass is 10.1. The predicted molar refractivity (Wildman–Crippen MR) is 57.1 cm³/mol. The molecule has 0 bridgehead atoms. The zero-order valence-electron chi connectivity index (χ0n) is 8.78. The van der Waals surface area contributed by atoms with Gasteiger partial charge < -0.3 is 10.6 Å². The Labute approximate surface area is 88.7 Å². The summed E-state index contributed by atoms with van der Waals surface area (Å²) < 4.78 is 0. The molecule has 0 spiro atoms. The van der Waals surface area contributed by atoms with Gasteiger partial charge in [-0.15, -0.1) is 0 Å². The van der Waals surface area contributed by atoms with Crippen LogP contribution in [-0.4, -0.2) is 18.9 Å². The highest BCUT2D eigenvalue weighted by molar-refractivity contribution is 6.35. The van der Waals surface area contributed by atoms with Gasteiger partial charge in [0.2, 0.25) is 0 Å². The molecule has 1 aromatic carbocycles. The molecule has 0 radical (unpaired) electrons. The molecular weight excluding hydrogens is 192 g/mol. The molecule has 80 valence electrons. The summed E-state index contributed by atoms with van der Waals surface area (Å²) in [5.41, 5.74) is 0.967. The highest BCUT2D eigenvalue weighted by atomic mass is 16.2. The molecule has 1 rings (SSSR count). The van der Waals surface area contributed by atoms with Gasteiger partial charge in [0.1, 0.15) is 0 Å². The van der Waals surface area contributed by atoms with Crippen molar-refractivity contribution in [1.29, 1.82) is 0 Å². The second-order valence-corrected chi connectivity index (χ2v) is 3.18. The average molecular weight is 206 g/mol. The van der Waals surface area contributed by atoms with Crippen LogP contribution in [0.4, 0.5) is 0 Å². The molecule has 0 saturated heterocycles. The van der Waals surface area contributed by atoms with Crippen molar-refractivity contribution in [2.24, 2.45) is 0 Å². The van der Waals surface area contributed by atoms with E-state index in [9.17, 15) is 9.59 Å². The second kappa shape index (κ2) is 5.14. The lowest BCUT2D eigenvalue weighted by Gasteiger charge is -2.13. The van der Waals surface area contributed by atoms with Crippen LogP contribution in [0.15, 0.2) is 30.3 Å². The van der Waals surface area contributed by atoms with Crippen LogP contribution < -0.4 is 10.6 Å². The van der Waals surface area contributed by atoms with E-state index >= 15 is 0 Å². The zero-order chi connectivity index (χ0) is 11.3. The smallest absolute Gasteiger partial charge is 0.309 e. The van der Waals surface area contributed by atoms with E-state index in [1.165, 1.54) is 7.05 Å². The number of benzene rings is 1. The minimum atomic E-state index is -0.627. The van der Waals surface area contributed by atoms with Crippen molar-refractivity contribution in [3.63, 3.8) is 0 Å². The van der Waals surface area contributed by atoms with Crippen molar-refractivity contribution in [2.75, 3.05) is 7.05 Å². The van der Waals surface area contributed by atoms with Crippen LogP contribution in [0.3, 0.4) is 0 Å². The third-order valence-electron chi connectivity index (χ3n) is 2.08. The van der Waals surface area contributed by atoms with Gasteiger partial charge in [0, 0.05) is 7.05 Å². The van der Waals surface area contributed by atoms with E-state index < -0.39 is 11.8 Å². The van der Waals surface area contributed by atoms with E-state index in [-0.39, 0.29) is 6.04 Å². The Morgan fingerprint density at radius 1 is 1.13 bits per heavy atom. The fourth-order valence-corrected chi connectivity index (χ4v) is 1.20. The number of amides is 2. The molecule has 0 fully saturated rings. The first kappa shape index (κ1) is 11.2. The van der Waals surface area contributed by atoms with Gasteiger partial charge in [-0.2, -0.15) is 0 Å². The van der Waals surface area contributed by atoms with Gasteiger partial charge in [-0.05, 0) is 12.5 Å². The van der Waals surface area contributed by atoms with Crippen molar-refractivity contribution in [3.8, 4) is 0 Å². The Kier molecular flexibility index (Phi) is 3.85. The normalized spacial score (nSPS) is 11.6. The highest BCUT2D eigenvalue weighted by Gasteiger charge is 2.14. The van der Waals surface area contributed by atoms with Gasteiger partial charge >= 0.3 is 11.8 Å². The summed E-state index contributed by atoms with van der Waals surface area (Å²) in [5, 5.41) is 4.87. The summed E-state index contributed by atoms with van der Waals surface area (Å²) in [7, 11) is 1.43. The largest absolute Gasteiger partial charge is 0.351 e. The lowest BCUT2D eigenvalue weighted by Crippen LogP contribution is -2.39. The molecule has 4 heteroatoms. The molecule has 1 atom stereocenters. The molecule has 0 aliphatic carbocycles. The quantitative estimate of drug-likeness (QED) is 0.696. The first-order valence-electron chi connectivity index (χ1n) is 4.72. The first-order chi connectivity index (χ1) is 7.15. The van der Waals surface area contributed by atoms with Gasteiger partial charge in [-0.1, -0.05) is 30.3 Å². The van der Waals surface area contributed by atoms with Crippen LogP contribution in [0.25, 0.3) is 0 Å². The van der Waals surface area contributed by atoms with Crippen LogP contribution in [-0.2, 0) is 9.59 Å². The molecule has 0 heterocycles. The maximum absolute atomic E-state index is 11.2. The van der Waals surface area contributed by atoms with E-state index in [1.54, 1.807) is 0 Å². The van der Waals surface area contributed by atoms with Gasteiger partial charge in [0.05, 0.1) is 6.04 Å². The van der Waals surface area contributed by atoms with Gasteiger partial charge in [0.15, 0.2) is 0 Å². The molecule has 2 amide bonds. The summed E-state index contributed by atoms with van der Waals surface area (Å²) in [6.45, 7) is 1.83. The molecule has 0 unspecified atom stereocenters. The van der Waals surface area contributed by atoms with Crippen LogP contribution in [0.2, 0.25) is 0 Å². The Morgan fingerprint density at radius 3 is 2.27 bits per heavy atom. The van der Waals surface area contributed by atoms with Crippen LogP contribution in [0.1, 0.15) is 18.5 Å². The number of hydrogen-bond acceptors (Lipinski definition) is 2. The van der Waals surface area contributed by atoms with E-state index in [2.05, 4.69) is 10.6 Å². The van der Waals surface area contributed by atoms with Crippen LogP contribution >= 0.6 is 0 Å². The molecule has 0 saturated carbocycles. The van der Waals surface area contributed by atoms with E-state index in [1.807, 2.05) is 37.3 Å². The lowest BCUT2D eigenvalue weighted by molar-refractivity contribution is -0.139. The SMILES string of the molecule is CNC(=O)C(=O)N[C@@H](C)c1ccccc1. The molecule has 0 aliphatic heterocycles. The summed E-state index contributed by atoms with van der Waals surface area (Å²) in [4.78, 5) is 22.2. The summed E-state index contributed by atoms with van der Waals surface area (Å²) in [6, 6.07) is 9.30. The Balaban J connectivity index is 2.60. The maximum atomic E-state index is 11.2. The van der Waals surface area contributed by atoms with E-state index in [0.717, 1.165) is 5.56 Å². The molecule has 2 N–H and O–H groups in total. The fraction of sp³-hybridized carbons (Fsp3) is 0.273. The minimum Gasteiger partial charge on any atom is -0.351 e. The maximum Gasteiger partial charge on any atom is 0.309 e. The van der Waals surface area contributed by atoms with Gasteiger partial charge in [-0.25, -0.2) is 0 Å². The van der Waals surface area contributed by atoms with Crippen molar-refractivity contribution >= 4 is 11.8 Å². The molecule has 4 nitrogen and oxygen atoms in total. The molecule has 0 aromatic heterocycles. The fourth-order valence-electron chi connectivity index (χ4n) is 1.20. The number of likely N-dealkylation sites (N-methyl/N-ethyl adjacent to an activating group) is 1. The van der Waals surface area contributed by atoms with E-state index in [0.29, 0.717) is 0 Å². The summed E-state index contributed by atoms with van der Waals surface area (Å²) >= 11 is 0. The van der Waals surface area contributed by atoms with Crippen LogP contribution in [0, 0.1) is 0 Å². The van der Waals surface area contributed by atoms with Crippen molar-refractivity contribution < 1.29 is 9.59 Å². The van der Waals surface area contributed by atoms with Crippen molar-refractivity contribution in [3.05, 3.63) is 35.9 Å². The van der Waals surface area contributed by atoms with Crippen LogP contribution in [0.5, 0.6) is 0 Å². The van der Waals surface area contributed by atoms with Crippen molar-refractivity contribution in [2.45, 2.75) is 13.0 Å². The van der Waals surface area contributed by atoms with E-state index in [4.69, 9.17) is 0 Å². The molecular formula is C11H14N2O2. The number of hydrogen-bond donors (Lipinski definition) is 2. The number of nitrogens with one attached hydrogen (secondary N) is 2. The Morgan fingerprint density at radius 2 is 1.73 bits per heavy atom. The van der Waals surface area contributed by atoms with Crippen molar-refractivity contribution in [1.82, 2.24) is 10.6 Å². The summed E-state index contributed by atoms with van der Waals surface area (Å²) in [5.74, 6) is -1.24. The third-order valence-corrected chi connectivity index (χ3v) is 2.08. The highest BCUT2D eigenvalue weighted by Crippen LogP contribution is 2.10. The molecule has 15 heavy (non-hydrogen) atoms. The summed E-state index contributed by atoms with van der Waals surface area (Å²) in [6.07, 6.45) is 0. The number of carbonyl (C=O) groups is 2. The third kappa shape index (κ3) is 3.09. The molecule has 0 aliphatic rings. The van der Waals surface area contributed by atoms with Gasteiger partial charge in [0.25, 0.3) is 0 Å². The number of rotatable bonds is 2. The zero-order valence-corrected chi connectivity index (χ0v) is 8.78. The standard InChI is InChI=1S/C11H14N2O2/c1-8(9-6-4-3-5-7-9)13-11(15)10(14)12-2/h3-8H,1-2H3,(H,12,14)(H,13,15)/t8-/m0/s1. The monoisotopic (exact) mass is 206 g/mol. The topological polar surface area (TPSA) is 58.2 Å². The van der Waals surface area contributed by atoms with Gasteiger partial charge in [-0.3, -0.25) is 9.59 Å². The first-order valence-corrected chi connectivity index (χ1v) is 4.72. The molecule has 1 aromatic rings.